The number of aliphatic hydroxyl groups is 2. The van der Waals surface area contributed by atoms with Crippen molar-refractivity contribution in [1.82, 2.24) is 4.90 Å². The number of amides is 1. The summed E-state index contributed by atoms with van der Waals surface area (Å²) in [6.07, 6.45) is 6.04. The maximum Gasteiger partial charge on any atom is 0.409 e. The van der Waals surface area contributed by atoms with Crippen LogP contribution in [-0.2, 0) is 28.5 Å². The summed E-state index contributed by atoms with van der Waals surface area (Å²) in [5, 5.41) is 21.2. The predicted octanol–water partition coefficient (Wildman–Crippen LogP) is 2.93. The maximum atomic E-state index is 12.6. The second kappa shape index (κ2) is 15.0. The van der Waals surface area contributed by atoms with E-state index in [0.29, 0.717) is 26.3 Å². The van der Waals surface area contributed by atoms with E-state index < -0.39 is 35.9 Å². The Kier molecular flexibility index (Phi) is 12.5. The summed E-state index contributed by atoms with van der Waals surface area (Å²) in [6, 6.07) is 0. The van der Waals surface area contributed by atoms with E-state index >= 15 is 0 Å². The number of ether oxygens (including phenoxy) is 4. The third kappa shape index (κ3) is 10.6. The third-order valence-electron chi connectivity index (χ3n) is 6.60. The van der Waals surface area contributed by atoms with Crippen LogP contribution in [0.3, 0.4) is 0 Å². The number of rotatable bonds is 6. The van der Waals surface area contributed by atoms with Crippen LogP contribution < -0.4 is 0 Å². The van der Waals surface area contributed by atoms with Crippen molar-refractivity contribution in [1.29, 1.82) is 0 Å². The quantitative estimate of drug-likeness (QED) is 0.227. The highest BCUT2D eigenvalue weighted by atomic mass is 16.6. The molecule has 1 saturated heterocycles. The number of morpholine rings is 1. The summed E-state index contributed by atoms with van der Waals surface area (Å²) < 4.78 is 21.7. The molecule has 2 aliphatic rings. The van der Waals surface area contributed by atoms with Gasteiger partial charge in [0.2, 0.25) is 0 Å². The topological polar surface area (TPSA) is 132 Å². The second-order valence-corrected chi connectivity index (χ2v) is 10.4. The van der Waals surface area contributed by atoms with Crippen molar-refractivity contribution in [2.45, 2.75) is 77.8 Å². The molecule has 0 bridgehead atoms. The Hall–Kier alpha value is -2.69. The van der Waals surface area contributed by atoms with Crippen LogP contribution in [0.4, 0.5) is 4.79 Å². The summed E-state index contributed by atoms with van der Waals surface area (Å²) in [6.45, 7) is 10.7. The predicted molar refractivity (Wildman–Crippen MR) is 140 cm³/mol. The van der Waals surface area contributed by atoms with Gasteiger partial charge in [0.1, 0.15) is 17.8 Å². The molecule has 0 radical (unpaired) electrons. The molecule has 0 aromatic carbocycles. The van der Waals surface area contributed by atoms with Gasteiger partial charge in [-0.05, 0) is 38.3 Å². The van der Waals surface area contributed by atoms with Gasteiger partial charge in [-0.3, -0.25) is 9.59 Å². The van der Waals surface area contributed by atoms with Gasteiger partial charge < -0.3 is 34.1 Å². The van der Waals surface area contributed by atoms with Crippen molar-refractivity contribution in [3.8, 4) is 0 Å². The van der Waals surface area contributed by atoms with Gasteiger partial charge in [0, 0.05) is 31.8 Å². The highest BCUT2D eigenvalue weighted by molar-refractivity contribution is 5.70. The van der Waals surface area contributed by atoms with Crippen molar-refractivity contribution in [3.05, 3.63) is 36.0 Å². The lowest BCUT2D eigenvalue weighted by atomic mass is 9.88. The van der Waals surface area contributed by atoms with Gasteiger partial charge in [-0.1, -0.05) is 38.2 Å². The number of cyclic esters (lactones) is 1. The SMILES string of the molecule is CC(=O)O[C@H]1/C=C/[C@H](C)[C@@H](/C(C)=C/C=C/[C@@H](C)COC(=O)N2CCOCC2)OC(=O)C[C@@H](O)CC[C@]1(C)O. The molecule has 1 amide bonds. The van der Waals surface area contributed by atoms with Gasteiger partial charge in [-0.2, -0.15) is 0 Å². The first-order valence-corrected chi connectivity index (χ1v) is 13.2. The third-order valence-corrected chi connectivity index (χ3v) is 6.60. The number of hydrogen-bond donors (Lipinski definition) is 2. The maximum absolute atomic E-state index is 12.6. The molecule has 0 unspecified atom stereocenters. The lowest BCUT2D eigenvalue weighted by Crippen LogP contribution is -2.42. The molecule has 2 heterocycles. The summed E-state index contributed by atoms with van der Waals surface area (Å²) in [4.78, 5) is 38.0. The minimum atomic E-state index is -1.42. The Balaban J connectivity index is 2.10. The Labute approximate surface area is 225 Å². The Morgan fingerprint density at radius 3 is 2.61 bits per heavy atom. The van der Waals surface area contributed by atoms with Crippen molar-refractivity contribution in [2.75, 3.05) is 32.9 Å². The van der Waals surface area contributed by atoms with Crippen LogP contribution in [0.5, 0.6) is 0 Å². The average Bonchev–Trinajstić information content (AvgIpc) is 2.86. The van der Waals surface area contributed by atoms with Crippen LogP contribution in [0.1, 0.15) is 53.9 Å². The van der Waals surface area contributed by atoms with Crippen molar-refractivity contribution < 1.29 is 43.5 Å². The summed E-state index contributed by atoms with van der Waals surface area (Å²) in [5.74, 6) is -1.43. The summed E-state index contributed by atoms with van der Waals surface area (Å²) in [7, 11) is 0. The molecule has 2 N–H and O–H groups in total. The molecular formula is C28H43NO9. The van der Waals surface area contributed by atoms with Crippen LogP contribution in [0.15, 0.2) is 36.0 Å². The lowest BCUT2D eigenvalue weighted by Gasteiger charge is -2.32. The highest BCUT2D eigenvalue weighted by Gasteiger charge is 2.35. The number of hydrogen-bond acceptors (Lipinski definition) is 9. The van der Waals surface area contributed by atoms with E-state index in [4.69, 9.17) is 18.9 Å². The molecule has 2 rings (SSSR count). The first-order valence-electron chi connectivity index (χ1n) is 13.2. The summed E-state index contributed by atoms with van der Waals surface area (Å²) in [5.41, 5.74) is -0.664. The fourth-order valence-corrected chi connectivity index (χ4v) is 4.22. The van der Waals surface area contributed by atoms with Gasteiger partial charge in [0.25, 0.3) is 0 Å². The van der Waals surface area contributed by atoms with E-state index in [1.54, 1.807) is 24.0 Å². The highest BCUT2D eigenvalue weighted by Crippen LogP contribution is 2.27. The molecule has 38 heavy (non-hydrogen) atoms. The van der Waals surface area contributed by atoms with E-state index in [1.807, 2.05) is 39.0 Å². The van der Waals surface area contributed by atoms with Crippen molar-refractivity contribution in [3.63, 3.8) is 0 Å². The molecular weight excluding hydrogens is 494 g/mol. The molecule has 2 aliphatic heterocycles. The Bertz CT molecular complexity index is 889. The van der Waals surface area contributed by atoms with Gasteiger partial charge in [0.15, 0.2) is 0 Å². The molecule has 1 fully saturated rings. The molecule has 10 nitrogen and oxygen atoms in total. The van der Waals surface area contributed by atoms with Crippen LogP contribution in [-0.4, -0.2) is 90.0 Å². The average molecular weight is 538 g/mol. The zero-order valence-corrected chi connectivity index (χ0v) is 23.1. The standard InChI is InChI=1S/C28H43NO9/c1-19(18-36-27(33)29-13-15-35-16-14-29)7-6-8-20(2)26-21(3)9-10-24(37-22(4)30)28(5,34)12-11-23(31)17-25(32)38-26/h6-10,19,21,23-24,26,31,34H,11-18H2,1-5H3/b7-6+,10-9+,20-8+/t19-,21+,23+,24+,26-,28+/m1/s1. The number of esters is 2. The largest absolute Gasteiger partial charge is 0.457 e. The molecule has 214 valence electrons. The number of carbonyl (C=O) groups is 3. The Morgan fingerprint density at radius 2 is 1.95 bits per heavy atom. The zero-order valence-electron chi connectivity index (χ0n) is 23.1. The van der Waals surface area contributed by atoms with Crippen molar-refractivity contribution >= 4 is 18.0 Å². The molecule has 0 aromatic heterocycles. The van der Waals surface area contributed by atoms with Crippen molar-refractivity contribution in [2.24, 2.45) is 11.8 Å². The van der Waals surface area contributed by atoms with Crippen LogP contribution in [0, 0.1) is 11.8 Å². The molecule has 0 spiro atoms. The van der Waals surface area contributed by atoms with E-state index in [2.05, 4.69) is 0 Å². The lowest BCUT2D eigenvalue weighted by molar-refractivity contribution is -0.157. The van der Waals surface area contributed by atoms with Crippen LogP contribution in [0.25, 0.3) is 0 Å². The van der Waals surface area contributed by atoms with Gasteiger partial charge in [-0.15, -0.1) is 0 Å². The smallest absolute Gasteiger partial charge is 0.409 e. The normalized spacial score (nSPS) is 31.5. The second-order valence-electron chi connectivity index (χ2n) is 10.4. The summed E-state index contributed by atoms with van der Waals surface area (Å²) >= 11 is 0. The number of allylic oxidation sites excluding steroid dienone is 2. The first kappa shape index (κ1) is 31.5. The van der Waals surface area contributed by atoms with Gasteiger partial charge in [-0.25, -0.2) is 4.79 Å². The molecule has 0 saturated carbocycles. The molecule has 10 heteroatoms. The van der Waals surface area contributed by atoms with E-state index in [-0.39, 0.29) is 43.8 Å². The molecule has 0 aliphatic carbocycles. The van der Waals surface area contributed by atoms with Gasteiger partial charge in [0.05, 0.1) is 32.3 Å². The monoisotopic (exact) mass is 537 g/mol. The number of aliphatic hydroxyl groups excluding tert-OH is 1. The Morgan fingerprint density at radius 1 is 1.26 bits per heavy atom. The minimum Gasteiger partial charge on any atom is -0.457 e. The number of carbonyl (C=O) groups excluding carboxylic acids is 3. The van der Waals surface area contributed by atoms with Gasteiger partial charge >= 0.3 is 18.0 Å². The van der Waals surface area contributed by atoms with E-state index in [9.17, 15) is 24.6 Å². The van der Waals surface area contributed by atoms with E-state index in [1.165, 1.54) is 6.92 Å². The fourth-order valence-electron chi connectivity index (χ4n) is 4.22. The van der Waals surface area contributed by atoms with E-state index in [0.717, 1.165) is 5.57 Å². The first-order chi connectivity index (χ1) is 17.9. The van der Waals surface area contributed by atoms with Crippen LogP contribution >= 0.6 is 0 Å². The zero-order chi connectivity index (χ0) is 28.3. The fraction of sp³-hybridized carbons (Fsp3) is 0.679. The minimum absolute atomic E-state index is 0.0397. The van der Waals surface area contributed by atoms with Crippen LogP contribution in [0.2, 0.25) is 0 Å². The molecule has 0 aromatic rings. The number of nitrogens with zero attached hydrogens (tertiary/aromatic N) is 1. The molecule has 6 atom stereocenters.